The fourth-order valence-corrected chi connectivity index (χ4v) is 6.14. The predicted octanol–water partition coefficient (Wildman–Crippen LogP) is 6.41. The monoisotopic (exact) mass is 609 g/mol. The lowest BCUT2D eigenvalue weighted by Gasteiger charge is -2.37. The van der Waals surface area contributed by atoms with Crippen LogP contribution < -0.4 is 10.6 Å². The fraction of sp³-hybridized carbons (Fsp3) is 0.300. The van der Waals surface area contributed by atoms with E-state index in [1.807, 2.05) is 20.8 Å². The van der Waals surface area contributed by atoms with Gasteiger partial charge in [0, 0.05) is 33.8 Å². The number of aromatic nitrogens is 4. The number of benzene rings is 3. The van der Waals surface area contributed by atoms with Crippen LogP contribution in [0.3, 0.4) is 0 Å². The molecule has 5 rings (SSSR count). The highest BCUT2D eigenvalue weighted by atomic mass is 35.5. The summed E-state index contributed by atoms with van der Waals surface area (Å²) in [5.41, 5.74) is -1.04. The second kappa shape index (κ2) is 11.4. The lowest BCUT2D eigenvalue weighted by atomic mass is 9.62. The number of H-pyrrole nitrogens is 1. The Morgan fingerprint density at radius 2 is 1.88 bits per heavy atom. The Hall–Kier alpha value is -3.91. The molecule has 4 aromatic rings. The Morgan fingerprint density at radius 3 is 2.55 bits per heavy atom. The first-order valence-electron chi connectivity index (χ1n) is 13.2. The van der Waals surface area contributed by atoms with Crippen molar-refractivity contribution in [3.05, 3.63) is 93.5 Å². The number of anilines is 1. The first kappa shape index (κ1) is 29.6. The molecule has 42 heavy (non-hydrogen) atoms. The lowest BCUT2D eigenvalue weighted by molar-refractivity contribution is -0.118. The summed E-state index contributed by atoms with van der Waals surface area (Å²) in [4.78, 5) is 14.1. The van der Waals surface area contributed by atoms with E-state index in [1.54, 1.807) is 30.3 Å². The zero-order valence-electron chi connectivity index (χ0n) is 22.9. The van der Waals surface area contributed by atoms with Gasteiger partial charge in [0.15, 0.2) is 0 Å². The van der Waals surface area contributed by atoms with E-state index in [9.17, 15) is 10.1 Å². The van der Waals surface area contributed by atoms with Crippen molar-refractivity contribution in [3.8, 4) is 17.5 Å². The van der Waals surface area contributed by atoms with E-state index in [0.717, 1.165) is 6.07 Å². The highest BCUT2D eigenvalue weighted by Gasteiger charge is 2.61. The zero-order chi connectivity index (χ0) is 30.2. The summed E-state index contributed by atoms with van der Waals surface area (Å²) in [5, 5.41) is 31.0. The third-order valence-electron chi connectivity index (χ3n) is 7.47. The van der Waals surface area contributed by atoms with Gasteiger partial charge in [-0.2, -0.15) is 10.5 Å². The van der Waals surface area contributed by atoms with Crippen molar-refractivity contribution in [3.63, 3.8) is 0 Å². The van der Waals surface area contributed by atoms with Gasteiger partial charge in [-0.05, 0) is 52.9 Å². The quantitative estimate of drug-likeness (QED) is 0.232. The molecule has 216 valence electrons. The number of nitrogens with zero attached hydrogens (tertiary/aromatic N) is 4. The average molecular weight is 610 g/mol. The molecule has 1 aromatic heterocycles. The summed E-state index contributed by atoms with van der Waals surface area (Å²) >= 11 is 12.3. The van der Waals surface area contributed by atoms with Gasteiger partial charge in [0.05, 0.1) is 17.1 Å². The summed E-state index contributed by atoms with van der Waals surface area (Å²) in [6.45, 7) is 5.92. The number of rotatable bonds is 6. The van der Waals surface area contributed by atoms with Gasteiger partial charge in [0.25, 0.3) is 0 Å². The number of nitrogens with one attached hydrogen (secondary N) is 3. The Morgan fingerprint density at radius 1 is 1.12 bits per heavy atom. The summed E-state index contributed by atoms with van der Waals surface area (Å²) in [5.74, 6) is -2.91. The summed E-state index contributed by atoms with van der Waals surface area (Å²) < 4.78 is 31.6. The van der Waals surface area contributed by atoms with Crippen LogP contribution in [-0.2, 0) is 10.2 Å². The van der Waals surface area contributed by atoms with E-state index in [0.29, 0.717) is 23.5 Å². The van der Waals surface area contributed by atoms with Crippen LogP contribution in [0.25, 0.3) is 11.4 Å². The Labute approximate surface area is 251 Å². The van der Waals surface area contributed by atoms with Gasteiger partial charge in [-0.3, -0.25) is 4.79 Å². The van der Waals surface area contributed by atoms with Crippen molar-refractivity contribution >= 4 is 34.8 Å². The van der Waals surface area contributed by atoms with Gasteiger partial charge in [0.1, 0.15) is 17.0 Å². The van der Waals surface area contributed by atoms with Crippen molar-refractivity contribution in [1.82, 2.24) is 25.9 Å². The molecule has 4 atom stereocenters. The first-order chi connectivity index (χ1) is 19.9. The van der Waals surface area contributed by atoms with Crippen LogP contribution in [0.5, 0.6) is 0 Å². The summed E-state index contributed by atoms with van der Waals surface area (Å²) in [6.07, 6.45) is 0.360. The van der Waals surface area contributed by atoms with Crippen LogP contribution in [0.1, 0.15) is 44.2 Å². The molecule has 12 heteroatoms. The van der Waals surface area contributed by atoms with Crippen molar-refractivity contribution in [2.45, 2.75) is 50.6 Å². The maximum Gasteiger partial charge on any atom is 0.242 e. The van der Waals surface area contributed by atoms with Crippen LogP contribution >= 0.6 is 23.2 Å². The molecule has 2 heterocycles. The lowest BCUT2D eigenvalue weighted by Crippen LogP contribution is -2.45. The molecule has 0 aliphatic carbocycles. The maximum absolute atomic E-state index is 15.8. The average Bonchev–Trinajstić information content (AvgIpc) is 3.57. The van der Waals surface area contributed by atoms with E-state index in [-0.39, 0.29) is 26.6 Å². The molecule has 1 fully saturated rings. The maximum atomic E-state index is 15.8. The topological polar surface area (TPSA) is 119 Å². The van der Waals surface area contributed by atoms with Gasteiger partial charge in [-0.1, -0.05) is 74.3 Å². The van der Waals surface area contributed by atoms with Gasteiger partial charge in [-0.15, -0.1) is 10.2 Å². The van der Waals surface area contributed by atoms with Gasteiger partial charge in [0.2, 0.25) is 11.7 Å². The third-order valence-corrected chi connectivity index (χ3v) is 7.99. The number of hydrogen-bond acceptors (Lipinski definition) is 6. The number of amides is 1. The Bertz CT molecular complexity index is 1670. The molecule has 0 bridgehead atoms. The molecule has 0 spiro atoms. The molecule has 1 saturated heterocycles. The second-order valence-corrected chi connectivity index (χ2v) is 12.3. The van der Waals surface area contributed by atoms with Crippen molar-refractivity contribution in [2.24, 2.45) is 5.41 Å². The molecule has 3 aromatic carbocycles. The first-order valence-corrected chi connectivity index (χ1v) is 13.9. The Kier molecular flexibility index (Phi) is 8.03. The van der Waals surface area contributed by atoms with E-state index < -0.39 is 41.0 Å². The van der Waals surface area contributed by atoms with Crippen LogP contribution in [0.2, 0.25) is 10.0 Å². The second-order valence-electron chi connectivity index (χ2n) is 11.5. The molecule has 1 aliphatic heterocycles. The number of aromatic amines is 1. The zero-order valence-corrected chi connectivity index (χ0v) is 24.4. The van der Waals surface area contributed by atoms with Crippen LogP contribution in [0.4, 0.5) is 14.5 Å². The van der Waals surface area contributed by atoms with E-state index in [4.69, 9.17) is 23.2 Å². The number of tetrazole rings is 1. The van der Waals surface area contributed by atoms with Gasteiger partial charge >= 0.3 is 0 Å². The third kappa shape index (κ3) is 5.48. The molecule has 0 saturated carbocycles. The molecular formula is C30H27Cl2F2N7O. The number of hydrogen-bond donors (Lipinski definition) is 3. The molecule has 0 radical (unpaired) electrons. The minimum absolute atomic E-state index is 0.00919. The Balaban J connectivity index is 1.67. The molecule has 2 unspecified atom stereocenters. The minimum atomic E-state index is -1.72. The number of carbonyl (C=O) groups is 1. The molecule has 3 N–H and O–H groups in total. The van der Waals surface area contributed by atoms with E-state index in [1.165, 1.54) is 24.3 Å². The normalized spacial score (nSPS) is 22.1. The minimum Gasteiger partial charge on any atom is -0.325 e. The predicted molar refractivity (Wildman–Crippen MR) is 156 cm³/mol. The van der Waals surface area contributed by atoms with Crippen LogP contribution in [-0.4, -0.2) is 38.6 Å². The van der Waals surface area contributed by atoms with Crippen molar-refractivity contribution in [2.75, 3.05) is 5.32 Å². The van der Waals surface area contributed by atoms with Crippen LogP contribution in [0.15, 0.2) is 60.7 Å². The molecular weight excluding hydrogens is 583 g/mol. The smallest absolute Gasteiger partial charge is 0.242 e. The number of nitriles is 1. The highest BCUT2D eigenvalue weighted by Crippen LogP contribution is 2.52. The molecule has 8 nitrogen and oxygen atoms in total. The largest absolute Gasteiger partial charge is 0.325 e. The molecule has 1 amide bonds. The van der Waals surface area contributed by atoms with Crippen molar-refractivity contribution < 1.29 is 13.6 Å². The number of carbonyl (C=O) groups excluding carboxylic acids is 1. The summed E-state index contributed by atoms with van der Waals surface area (Å²) in [6, 6.07) is 15.6. The van der Waals surface area contributed by atoms with Crippen LogP contribution in [0, 0.1) is 28.4 Å². The van der Waals surface area contributed by atoms with E-state index >= 15 is 8.78 Å². The standard InChI is InChI=1S/C30H27Cl2F2N7O/c1-29(2,3)14-23-30(15-35,20-11-10-17(31)13-22(20)33)24(19-8-5-9-21(32)25(19)34)26(37-23)28(42)36-18-7-4-6-16(12-18)27-38-40-41-39-27/h4-13,23-24,26,37H,14H2,1-3H3,(H,36,42)(H,38,39,40,41)/t23?,24?,26-,30+/m1/s1. The fourth-order valence-electron chi connectivity index (χ4n) is 5.80. The molecule has 1 aliphatic rings. The SMILES string of the molecule is CC(C)(C)CC1N[C@@H](C(=O)Nc2cccc(-c3nn[nH]n3)c2)C(c2cccc(Cl)c2F)[C@@]1(C#N)c1ccc(Cl)cc1F. The van der Waals surface area contributed by atoms with Crippen molar-refractivity contribution in [1.29, 1.82) is 5.26 Å². The number of halogens is 4. The summed E-state index contributed by atoms with van der Waals surface area (Å²) in [7, 11) is 0. The van der Waals surface area contributed by atoms with E-state index in [2.05, 4.69) is 37.3 Å². The van der Waals surface area contributed by atoms with Gasteiger partial charge in [-0.25, -0.2) is 8.78 Å². The highest BCUT2D eigenvalue weighted by molar-refractivity contribution is 6.31. The van der Waals surface area contributed by atoms with Gasteiger partial charge < -0.3 is 10.6 Å².